The number of rotatable bonds is 6. The quantitative estimate of drug-likeness (QED) is 0.675. The minimum Gasteiger partial charge on any atom is -0.391 e. The first-order chi connectivity index (χ1) is 13.9. The van der Waals surface area contributed by atoms with Crippen molar-refractivity contribution in [2.24, 2.45) is 17.8 Å². The molecule has 4 rings (SSSR count). The average molecular weight is 417 g/mol. The van der Waals surface area contributed by atoms with Crippen molar-refractivity contribution in [3.63, 3.8) is 0 Å². The molecule has 1 saturated carbocycles. The predicted molar refractivity (Wildman–Crippen MR) is 116 cm³/mol. The van der Waals surface area contributed by atoms with E-state index in [0.29, 0.717) is 23.4 Å². The first-order valence-corrected chi connectivity index (χ1v) is 11.5. The predicted octanol–water partition coefficient (Wildman–Crippen LogP) is 3.29. The SMILES string of the molecule is Cc1ccc(-c2cc(C(=O)N[C@H]3C[C@H]4CN(CCC(C)C)C[C@H]4C[C@@H]3O)n[nH]2)s1. The van der Waals surface area contributed by atoms with Gasteiger partial charge in [0.25, 0.3) is 5.91 Å². The van der Waals surface area contributed by atoms with Crippen molar-refractivity contribution in [2.45, 2.75) is 52.2 Å². The molecule has 1 aliphatic heterocycles. The van der Waals surface area contributed by atoms with Crippen LogP contribution in [0.2, 0.25) is 0 Å². The molecule has 2 aliphatic rings. The van der Waals surface area contributed by atoms with E-state index in [-0.39, 0.29) is 11.9 Å². The van der Waals surface area contributed by atoms with Crippen molar-refractivity contribution in [1.82, 2.24) is 20.4 Å². The summed E-state index contributed by atoms with van der Waals surface area (Å²) in [6, 6.07) is 5.69. The van der Waals surface area contributed by atoms with Gasteiger partial charge in [-0.2, -0.15) is 5.10 Å². The molecule has 3 N–H and O–H groups in total. The van der Waals surface area contributed by atoms with Crippen LogP contribution in [0.25, 0.3) is 10.6 Å². The number of thiophene rings is 1. The second-order valence-corrected chi connectivity index (χ2v) is 10.4. The van der Waals surface area contributed by atoms with Crippen LogP contribution >= 0.6 is 11.3 Å². The fourth-order valence-electron chi connectivity index (χ4n) is 4.69. The standard InChI is InChI=1S/C22H32N4O2S/c1-13(2)6-7-26-11-15-8-17(20(27)9-16(15)12-26)23-22(28)19-10-18(24-25-19)21-5-4-14(3)29-21/h4-5,10,13,15-17,20,27H,6-9,11-12H2,1-3H3,(H,23,28)(H,24,25)/t15-,16+,17-,20-/m0/s1. The molecule has 0 aromatic carbocycles. The van der Waals surface area contributed by atoms with Gasteiger partial charge >= 0.3 is 0 Å². The molecule has 2 fully saturated rings. The van der Waals surface area contributed by atoms with Gasteiger partial charge in [0.05, 0.1) is 22.7 Å². The molecule has 158 valence electrons. The number of aromatic nitrogens is 2. The number of hydrogen-bond acceptors (Lipinski definition) is 5. The van der Waals surface area contributed by atoms with Gasteiger partial charge in [-0.25, -0.2) is 0 Å². The topological polar surface area (TPSA) is 81.2 Å². The van der Waals surface area contributed by atoms with E-state index in [1.54, 1.807) is 17.4 Å². The maximum Gasteiger partial charge on any atom is 0.272 e. The van der Waals surface area contributed by atoms with Gasteiger partial charge in [0.2, 0.25) is 0 Å². The third-order valence-electron chi connectivity index (χ3n) is 6.37. The lowest BCUT2D eigenvalue weighted by Gasteiger charge is -2.35. The summed E-state index contributed by atoms with van der Waals surface area (Å²) in [6.45, 7) is 9.88. The molecule has 3 heterocycles. The summed E-state index contributed by atoms with van der Waals surface area (Å²) in [5.74, 6) is 1.61. The number of nitrogens with zero attached hydrogens (tertiary/aromatic N) is 2. The lowest BCUT2D eigenvalue weighted by Crippen LogP contribution is -2.49. The summed E-state index contributed by atoms with van der Waals surface area (Å²) in [7, 11) is 0. The summed E-state index contributed by atoms with van der Waals surface area (Å²) < 4.78 is 0. The molecule has 0 radical (unpaired) electrons. The number of aromatic amines is 1. The van der Waals surface area contributed by atoms with E-state index < -0.39 is 6.10 Å². The number of amides is 1. The molecule has 2 aromatic heterocycles. The van der Waals surface area contributed by atoms with Gasteiger partial charge in [0.15, 0.2) is 5.69 Å². The lowest BCUT2D eigenvalue weighted by atomic mass is 9.77. The molecule has 6 nitrogen and oxygen atoms in total. The third-order valence-corrected chi connectivity index (χ3v) is 7.41. The molecule has 0 spiro atoms. The van der Waals surface area contributed by atoms with Gasteiger partial charge in [-0.05, 0) is 68.7 Å². The number of aliphatic hydroxyl groups excluding tert-OH is 1. The number of aryl methyl sites for hydroxylation is 1. The van der Waals surface area contributed by atoms with Gasteiger partial charge in [-0.3, -0.25) is 9.89 Å². The fourth-order valence-corrected chi connectivity index (χ4v) is 5.53. The van der Waals surface area contributed by atoms with Gasteiger partial charge in [-0.15, -0.1) is 11.3 Å². The molecular formula is C22H32N4O2S. The molecule has 0 bridgehead atoms. The van der Waals surface area contributed by atoms with E-state index in [0.717, 1.165) is 43.0 Å². The zero-order valence-electron chi connectivity index (χ0n) is 17.5. The van der Waals surface area contributed by atoms with E-state index in [9.17, 15) is 9.90 Å². The van der Waals surface area contributed by atoms with Crippen LogP contribution in [0.5, 0.6) is 0 Å². The summed E-state index contributed by atoms with van der Waals surface area (Å²) in [4.78, 5) is 17.6. The summed E-state index contributed by atoms with van der Waals surface area (Å²) in [5, 5.41) is 20.8. The fraction of sp³-hybridized carbons (Fsp3) is 0.636. The van der Waals surface area contributed by atoms with Crippen molar-refractivity contribution in [2.75, 3.05) is 19.6 Å². The zero-order chi connectivity index (χ0) is 20.5. The molecule has 0 unspecified atom stereocenters. The largest absolute Gasteiger partial charge is 0.391 e. The summed E-state index contributed by atoms with van der Waals surface area (Å²) >= 11 is 1.67. The van der Waals surface area contributed by atoms with Crippen molar-refractivity contribution >= 4 is 17.2 Å². The highest BCUT2D eigenvalue weighted by Gasteiger charge is 2.42. The van der Waals surface area contributed by atoms with Gasteiger partial charge in [-0.1, -0.05) is 13.8 Å². The monoisotopic (exact) mass is 416 g/mol. The van der Waals surface area contributed by atoms with Gasteiger partial charge in [0, 0.05) is 18.0 Å². The van der Waals surface area contributed by atoms with E-state index in [1.165, 1.54) is 11.3 Å². The van der Waals surface area contributed by atoms with E-state index >= 15 is 0 Å². The Morgan fingerprint density at radius 1 is 1.34 bits per heavy atom. The van der Waals surface area contributed by atoms with Crippen LogP contribution in [0.4, 0.5) is 0 Å². The minimum absolute atomic E-state index is 0.196. The normalized spacial score (nSPS) is 27.3. The Hall–Kier alpha value is -1.70. The number of hydrogen-bond donors (Lipinski definition) is 3. The number of fused-ring (bicyclic) bond motifs is 1. The van der Waals surface area contributed by atoms with Crippen molar-refractivity contribution in [3.8, 4) is 10.6 Å². The Morgan fingerprint density at radius 2 is 2.10 bits per heavy atom. The number of nitrogens with one attached hydrogen (secondary N) is 2. The number of likely N-dealkylation sites (tertiary alicyclic amines) is 1. The molecule has 4 atom stereocenters. The van der Waals surface area contributed by atoms with E-state index in [4.69, 9.17) is 0 Å². The molecular weight excluding hydrogens is 384 g/mol. The van der Waals surface area contributed by atoms with Crippen LogP contribution in [0.1, 0.15) is 48.5 Å². The number of carbonyl (C=O) groups is 1. The Bertz CT molecular complexity index is 845. The summed E-state index contributed by atoms with van der Waals surface area (Å²) in [6.07, 6.45) is 2.35. The van der Waals surface area contributed by atoms with Crippen LogP contribution < -0.4 is 5.32 Å². The Kier molecular flexibility index (Phi) is 6.08. The van der Waals surface area contributed by atoms with Crippen LogP contribution in [-0.2, 0) is 0 Å². The molecule has 29 heavy (non-hydrogen) atoms. The maximum absolute atomic E-state index is 12.7. The Balaban J connectivity index is 1.35. The molecule has 1 saturated heterocycles. The van der Waals surface area contributed by atoms with Crippen molar-refractivity contribution in [1.29, 1.82) is 0 Å². The van der Waals surface area contributed by atoms with Crippen LogP contribution in [0.3, 0.4) is 0 Å². The van der Waals surface area contributed by atoms with Crippen LogP contribution in [0.15, 0.2) is 18.2 Å². The smallest absolute Gasteiger partial charge is 0.272 e. The Morgan fingerprint density at radius 3 is 2.79 bits per heavy atom. The second kappa shape index (κ2) is 8.58. The van der Waals surface area contributed by atoms with Gasteiger partial charge in [0.1, 0.15) is 0 Å². The van der Waals surface area contributed by atoms with Crippen molar-refractivity contribution in [3.05, 3.63) is 28.8 Å². The molecule has 7 heteroatoms. The second-order valence-electron chi connectivity index (χ2n) is 9.16. The Labute approximate surface area is 176 Å². The zero-order valence-corrected chi connectivity index (χ0v) is 18.3. The first kappa shape index (κ1) is 20.6. The first-order valence-electron chi connectivity index (χ1n) is 10.7. The average Bonchev–Trinajstić information content (AvgIpc) is 3.39. The number of carbonyl (C=O) groups excluding carboxylic acids is 1. The lowest BCUT2D eigenvalue weighted by molar-refractivity contribution is 0.0460. The molecule has 1 amide bonds. The highest BCUT2D eigenvalue weighted by Crippen LogP contribution is 2.37. The summed E-state index contributed by atoms with van der Waals surface area (Å²) in [5.41, 5.74) is 1.24. The molecule has 1 aliphatic carbocycles. The highest BCUT2D eigenvalue weighted by atomic mass is 32.1. The molecule has 2 aromatic rings. The third kappa shape index (κ3) is 4.73. The minimum atomic E-state index is -0.483. The van der Waals surface area contributed by atoms with E-state index in [2.05, 4.69) is 47.3 Å². The maximum atomic E-state index is 12.7. The van der Waals surface area contributed by atoms with Crippen LogP contribution in [0, 0.1) is 24.7 Å². The number of H-pyrrole nitrogens is 1. The van der Waals surface area contributed by atoms with E-state index in [1.807, 2.05) is 6.07 Å². The van der Waals surface area contributed by atoms with Gasteiger partial charge < -0.3 is 15.3 Å². The number of aliphatic hydroxyl groups is 1. The van der Waals surface area contributed by atoms with Crippen LogP contribution in [-0.4, -0.2) is 57.9 Å². The highest BCUT2D eigenvalue weighted by molar-refractivity contribution is 7.15. The van der Waals surface area contributed by atoms with Crippen molar-refractivity contribution < 1.29 is 9.90 Å².